The maximum atomic E-state index is 12.0. The molecule has 0 saturated carbocycles. The maximum absolute atomic E-state index is 12.0. The number of ether oxygens (including phenoxy) is 3. The third-order valence-electron chi connectivity index (χ3n) is 3.87. The Hall–Kier alpha value is -2.44. The second-order valence-electron chi connectivity index (χ2n) is 5.84. The molecule has 0 heterocycles. The number of nitrogens with two attached hydrogens (primary N) is 1. The van der Waals surface area contributed by atoms with Crippen LogP contribution in [0.4, 0.5) is 11.4 Å². The van der Waals surface area contributed by atoms with E-state index in [1.54, 1.807) is 32.4 Å². The van der Waals surface area contributed by atoms with Crippen molar-refractivity contribution in [2.45, 2.75) is 19.3 Å². The lowest BCUT2D eigenvalue weighted by atomic mass is 10.1. The molecular weight excluding hydrogens is 368 g/mol. The van der Waals surface area contributed by atoms with E-state index in [0.717, 1.165) is 12.2 Å². The van der Waals surface area contributed by atoms with E-state index >= 15 is 0 Å². The van der Waals surface area contributed by atoms with Crippen LogP contribution in [-0.2, 0) is 16.0 Å². The van der Waals surface area contributed by atoms with E-state index in [1.165, 1.54) is 5.56 Å². The van der Waals surface area contributed by atoms with Crippen LogP contribution >= 0.6 is 12.4 Å². The van der Waals surface area contributed by atoms with E-state index < -0.39 is 0 Å². The smallest absolute Gasteiger partial charge is 0.224 e. The Morgan fingerprint density at radius 3 is 2.41 bits per heavy atom. The van der Waals surface area contributed by atoms with E-state index in [9.17, 15) is 4.79 Å². The van der Waals surface area contributed by atoms with Gasteiger partial charge >= 0.3 is 0 Å². The molecule has 0 radical (unpaired) electrons. The van der Waals surface area contributed by atoms with Gasteiger partial charge in [0.1, 0.15) is 11.5 Å². The molecule has 2 rings (SSSR count). The van der Waals surface area contributed by atoms with Crippen molar-refractivity contribution in [2.75, 3.05) is 38.5 Å². The van der Waals surface area contributed by atoms with E-state index in [0.29, 0.717) is 43.2 Å². The third kappa shape index (κ3) is 7.76. The Kier molecular flexibility index (Phi) is 10.1. The SMILES string of the molecule is COCCc1ccc(OCCCC(=O)Nc2cc(OC)ccc2N)cc1.Cl. The minimum absolute atomic E-state index is 0. The second-order valence-corrected chi connectivity index (χ2v) is 5.84. The highest BCUT2D eigenvalue weighted by molar-refractivity contribution is 5.94. The standard InChI is InChI=1S/C20H26N2O4.ClH/c1-24-13-11-15-5-7-16(8-6-15)26-12-3-4-20(23)22-19-14-17(25-2)9-10-18(19)21;/h5-10,14H,3-4,11-13,21H2,1-2H3,(H,22,23);1H. The average Bonchev–Trinajstić information content (AvgIpc) is 2.66. The average molecular weight is 395 g/mol. The summed E-state index contributed by atoms with van der Waals surface area (Å²) < 4.78 is 15.9. The molecule has 0 spiro atoms. The van der Waals surface area contributed by atoms with Gasteiger partial charge in [0.15, 0.2) is 0 Å². The summed E-state index contributed by atoms with van der Waals surface area (Å²) in [6.45, 7) is 1.17. The highest BCUT2D eigenvalue weighted by Crippen LogP contribution is 2.24. The molecule has 0 aliphatic carbocycles. The van der Waals surface area contributed by atoms with Crippen LogP contribution < -0.4 is 20.5 Å². The lowest BCUT2D eigenvalue weighted by Gasteiger charge is -2.10. The van der Waals surface area contributed by atoms with Crippen LogP contribution in [0.5, 0.6) is 11.5 Å². The summed E-state index contributed by atoms with van der Waals surface area (Å²) in [4.78, 5) is 12.0. The number of nitrogen functional groups attached to an aromatic ring is 1. The summed E-state index contributed by atoms with van der Waals surface area (Å²) in [6, 6.07) is 13.1. The Labute approximate surface area is 166 Å². The molecular formula is C20H27ClN2O4. The molecule has 7 heteroatoms. The van der Waals surface area contributed by atoms with E-state index in [2.05, 4.69) is 5.32 Å². The predicted molar refractivity (Wildman–Crippen MR) is 110 cm³/mol. The molecule has 3 N–H and O–H groups in total. The van der Waals surface area contributed by atoms with Crippen molar-refractivity contribution >= 4 is 29.7 Å². The first-order valence-corrected chi connectivity index (χ1v) is 8.56. The topological polar surface area (TPSA) is 82.8 Å². The van der Waals surface area contributed by atoms with Crippen LogP contribution in [0.2, 0.25) is 0 Å². The molecule has 0 fully saturated rings. The van der Waals surface area contributed by atoms with Gasteiger partial charge in [-0.3, -0.25) is 4.79 Å². The molecule has 0 aromatic heterocycles. The fraction of sp³-hybridized carbons (Fsp3) is 0.350. The van der Waals surface area contributed by atoms with Gasteiger partial charge in [0.2, 0.25) is 5.91 Å². The van der Waals surface area contributed by atoms with Crippen molar-refractivity contribution in [1.82, 2.24) is 0 Å². The lowest BCUT2D eigenvalue weighted by molar-refractivity contribution is -0.116. The first kappa shape index (κ1) is 22.6. The van der Waals surface area contributed by atoms with Crippen molar-refractivity contribution in [2.24, 2.45) is 0 Å². The van der Waals surface area contributed by atoms with Crippen molar-refractivity contribution in [1.29, 1.82) is 0 Å². The Morgan fingerprint density at radius 1 is 1.04 bits per heavy atom. The fourth-order valence-corrected chi connectivity index (χ4v) is 2.38. The molecule has 0 unspecified atom stereocenters. The van der Waals surface area contributed by atoms with Crippen LogP contribution in [0.25, 0.3) is 0 Å². The van der Waals surface area contributed by atoms with Gasteiger partial charge in [-0.2, -0.15) is 0 Å². The molecule has 6 nitrogen and oxygen atoms in total. The minimum Gasteiger partial charge on any atom is -0.497 e. The molecule has 2 aromatic carbocycles. The summed E-state index contributed by atoms with van der Waals surface area (Å²) in [7, 11) is 3.26. The maximum Gasteiger partial charge on any atom is 0.224 e. The minimum atomic E-state index is -0.108. The quantitative estimate of drug-likeness (QED) is 0.474. The Bertz CT molecular complexity index is 708. The fourth-order valence-electron chi connectivity index (χ4n) is 2.38. The normalized spacial score (nSPS) is 10.0. The monoisotopic (exact) mass is 394 g/mol. The predicted octanol–water partition coefficient (Wildman–Crippen LogP) is 3.69. The van der Waals surface area contributed by atoms with Gasteiger partial charge in [-0.25, -0.2) is 0 Å². The number of hydrogen-bond donors (Lipinski definition) is 2. The lowest BCUT2D eigenvalue weighted by Crippen LogP contribution is -2.14. The van der Waals surface area contributed by atoms with Gasteiger partial charge in [-0.05, 0) is 42.7 Å². The van der Waals surface area contributed by atoms with Crippen molar-refractivity contribution < 1.29 is 19.0 Å². The van der Waals surface area contributed by atoms with Gasteiger partial charge in [0, 0.05) is 19.6 Å². The number of methoxy groups -OCH3 is 2. The van der Waals surface area contributed by atoms with Gasteiger partial charge in [0.05, 0.1) is 31.7 Å². The highest BCUT2D eigenvalue weighted by Gasteiger charge is 2.07. The Morgan fingerprint density at radius 2 is 1.74 bits per heavy atom. The third-order valence-corrected chi connectivity index (χ3v) is 3.87. The number of halogens is 1. The van der Waals surface area contributed by atoms with Crippen LogP contribution in [0.15, 0.2) is 42.5 Å². The molecule has 0 atom stereocenters. The molecule has 0 aliphatic heterocycles. The molecule has 0 aliphatic rings. The van der Waals surface area contributed by atoms with Gasteiger partial charge in [-0.15, -0.1) is 12.4 Å². The first-order chi connectivity index (χ1) is 12.6. The van der Waals surface area contributed by atoms with Crippen molar-refractivity contribution in [3.8, 4) is 11.5 Å². The van der Waals surface area contributed by atoms with Gasteiger partial charge in [0.25, 0.3) is 0 Å². The zero-order chi connectivity index (χ0) is 18.8. The number of rotatable bonds is 10. The van der Waals surface area contributed by atoms with E-state index in [1.807, 2.05) is 24.3 Å². The number of carbonyl (C=O) groups excluding carboxylic acids is 1. The summed E-state index contributed by atoms with van der Waals surface area (Å²) >= 11 is 0. The van der Waals surface area contributed by atoms with Crippen molar-refractivity contribution in [3.63, 3.8) is 0 Å². The zero-order valence-corrected chi connectivity index (χ0v) is 16.5. The molecule has 0 bridgehead atoms. The molecule has 27 heavy (non-hydrogen) atoms. The van der Waals surface area contributed by atoms with Crippen LogP contribution in [0.1, 0.15) is 18.4 Å². The van der Waals surface area contributed by atoms with Crippen LogP contribution in [0, 0.1) is 0 Å². The summed E-state index contributed by atoms with van der Waals surface area (Å²) in [5, 5.41) is 2.80. The van der Waals surface area contributed by atoms with Crippen LogP contribution in [-0.4, -0.2) is 33.3 Å². The van der Waals surface area contributed by atoms with Crippen molar-refractivity contribution in [3.05, 3.63) is 48.0 Å². The Balaban J connectivity index is 0.00000364. The molecule has 1 amide bonds. The number of amides is 1. The summed E-state index contributed by atoms with van der Waals surface area (Å²) in [5.74, 6) is 1.33. The van der Waals surface area contributed by atoms with Crippen LogP contribution in [0.3, 0.4) is 0 Å². The van der Waals surface area contributed by atoms with Gasteiger partial charge in [-0.1, -0.05) is 12.1 Å². The number of carbonyl (C=O) groups is 1. The zero-order valence-electron chi connectivity index (χ0n) is 15.7. The summed E-state index contributed by atoms with van der Waals surface area (Å²) in [5.41, 5.74) is 8.13. The summed E-state index contributed by atoms with van der Waals surface area (Å²) in [6.07, 6.45) is 1.84. The largest absolute Gasteiger partial charge is 0.497 e. The van der Waals surface area contributed by atoms with E-state index in [4.69, 9.17) is 19.9 Å². The van der Waals surface area contributed by atoms with Gasteiger partial charge < -0.3 is 25.3 Å². The second kappa shape index (κ2) is 12.0. The molecule has 0 saturated heterocycles. The number of nitrogens with one attached hydrogen (secondary N) is 1. The molecule has 148 valence electrons. The number of anilines is 2. The number of benzene rings is 2. The first-order valence-electron chi connectivity index (χ1n) is 8.56. The van der Waals surface area contributed by atoms with E-state index in [-0.39, 0.29) is 18.3 Å². The highest BCUT2D eigenvalue weighted by atomic mass is 35.5. The number of hydrogen-bond acceptors (Lipinski definition) is 5. The molecule has 2 aromatic rings.